The molecule has 0 rings (SSSR count). The van der Waals surface area contributed by atoms with Crippen LogP contribution in [0, 0.1) is 0 Å². The second-order valence-corrected chi connectivity index (χ2v) is 6.02. The molecule has 6 heteroatoms. The molecule has 0 fully saturated rings. The minimum atomic E-state index is -4.40. The summed E-state index contributed by atoms with van der Waals surface area (Å²) in [4.78, 5) is 30.7. The van der Waals surface area contributed by atoms with Gasteiger partial charge in [-0.1, -0.05) is 26.7 Å². The van der Waals surface area contributed by atoms with Gasteiger partial charge in [-0.2, -0.15) is 0 Å². The highest BCUT2D eigenvalue weighted by Gasteiger charge is 2.28. The van der Waals surface area contributed by atoms with Gasteiger partial charge in [0.05, 0.1) is 11.9 Å². The second kappa shape index (κ2) is 9.29. The van der Waals surface area contributed by atoms with Crippen LogP contribution in [0.1, 0.15) is 59.3 Å². The number of rotatable bonds is 9. The van der Waals surface area contributed by atoms with Gasteiger partial charge in [0, 0.05) is 5.57 Å². The van der Waals surface area contributed by atoms with Crippen molar-refractivity contribution in [3.8, 4) is 0 Å². The van der Waals surface area contributed by atoms with Crippen LogP contribution in [-0.2, 0) is 14.1 Å². The first-order chi connectivity index (χ1) is 8.88. The van der Waals surface area contributed by atoms with Crippen LogP contribution in [0.2, 0.25) is 0 Å². The van der Waals surface area contributed by atoms with Gasteiger partial charge in [-0.15, -0.1) is 0 Å². The quantitative estimate of drug-likeness (QED) is 0.387. The highest BCUT2D eigenvalue weighted by atomic mass is 31.2. The average Bonchev–Trinajstić information content (AvgIpc) is 2.32. The molecule has 0 heterocycles. The Morgan fingerprint density at radius 1 is 1.05 bits per heavy atom. The van der Waals surface area contributed by atoms with Crippen LogP contribution in [0.5, 0.6) is 0 Å². The minimum Gasteiger partial charge on any atom is -0.463 e. The predicted octanol–water partition coefficient (Wildman–Crippen LogP) is 3.36. The van der Waals surface area contributed by atoms with Crippen LogP contribution in [0.3, 0.4) is 0 Å². The molecule has 0 aromatic heterocycles. The lowest BCUT2D eigenvalue weighted by atomic mass is 10.1. The fraction of sp³-hybridized carbons (Fsp3) is 0.769. The third-order valence-electron chi connectivity index (χ3n) is 2.77. The number of esters is 1. The van der Waals surface area contributed by atoms with E-state index in [0.717, 1.165) is 12.8 Å². The fourth-order valence-corrected chi connectivity index (χ4v) is 2.76. The Hall–Kier alpha value is -0.640. The topological polar surface area (TPSA) is 83.8 Å². The van der Waals surface area contributed by atoms with E-state index in [1.54, 1.807) is 6.92 Å². The Bertz CT molecular complexity index is 356. The summed E-state index contributed by atoms with van der Waals surface area (Å²) in [5, 5.41) is -0.0405. The number of ether oxygens (including phenoxy) is 1. The van der Waals surface area contributed by atoms with Crippen molar-refractivity contribution in [3.63, 3.8) is 0 Å². The Morgan fingerprint density at radius 2 is 1.58 bits per heavy atom. The van der Waals surface area contributed by atoms with Gasteiger partial charge < -0.3 is 14.5 Å². The average molecular weight is 292 g/mol. The molecule has 112 valence electrons. The molecule has 0 aliphatic heterocycles. The maximum Gasteiger partial charge on any atom is 0.352 e. The molecule has 0 atom stereocenters. The van der Waals surface area contributed by atoms with Crippen LogP contribution < -0.4 is 0 Å². The van der Waals surface area contributed by atoms with Crippen LogP contribution in [-0.4, -0.2) is 22.4 Å². The SMILES string of the molecule is CCCCC(C(=O)OCC)=C(CCCC)P(=O)(O)O. The van der Waals surface area contributed by atoms with E-state index < -0.39 is 13.6 Å². The van der Waals surface area contributed by atoms with Gasteiger partial charge in [0.2, 0.25) is 0 Å². The Labute approximate surface area is 115 Å². The third-order valence-corrected chi connectivity index (χ3v) is 3.97. The zero-order valence-electron chi connectivity index (χ0n) is 12.0. The van der Waals surface area contributed by atoms with Crippen LogP contribution in [0.25, 0.3) is 0 Å². The smallest absolute Gasteiger partial charge is 0.352 e. The summed E-state index contributed by atoms with van der Waals surface area (Å²) in [6.07, 6.45) is 3.63. The van der Waals surface area contributed by atoms with Gasteiger partial charge >= 0.3 is 13.6 Å². The molecule has 19 heavy (non-hydrogen) atoms. The predicted molar refractivity (Wildman–Crippen MR) is 74.8 cm³/mol. The van der Waals surface area contributed by atoms with E-state index in [2.05, 4.69) is 0 Å². The zero-order chi connectivity index (χ0) is 14.9. The van der Waals surface area contributed by atoms with E-state index in [1.807, 2.05) is 13.8 Å². The van der Waals surface area contributed by atoms with Crippen molar-refractivity contribution in [2.75, 3.05) is 6.61 Å². The van der Waals surface area contributed by atoms with Gasteiger partial charge in [-0.25, -0.2) is 4.79 Å². The third kappa shape index (κ3) is 6.90. The van der Waals surface area contributed by atoms with E-state index in [9.17, 15) is 19.1 Å². The molecule has 0 radical (unpaired) electrons. The number of allylic oxidation sites excluding steroid dienone is 1. The summed E-state index contributed by atoms with van der Waals surface area (Å²) < 4.78 is 16.5. The summed E-state index contributed by atoms with van der Waals surface area (Å²) in [6.45, 7) is 5.79. The first kappa shape index (κ1) is 18.4. The Balaban J connectivity index is 5.40. The molecule has 0 bridgehead atoms. The molecule has 0 amide bonds. The molecule has 0 spiro atoms. The molecule has 0 saturated heterocycles. The number of hydrogen-bond acceptors (Lipinski definition) is 3. The number of carbonyl (C=O) groups is 1. The van der Waals surface area contributed by atoms with Gasteiger partial charge in [0.1, 0.15) is 0 Å². The molecular weight excluding hydrogens is 267 g/mol. The summed E-state index contributed by atoms with van der Waals surface area (Å²) in [5.41, 5.74) is 0.172. The normalized spacial score (nSPS) is 13.1. The maximum atomic E-state index is 11.9. The summed E-state index contributed by atoms with van der Waals surface area (Å²) in [5.74, 6) is -0.592. The van der Waals surface area contributed by atoms with Crippen molar-refractivity contribution >= 4 is 13.6 Å². The van der Waals surface area contributed by atoms with Gasteiger partial charge in [0.25, 0.3) is 0 Å². The van der Waals surface area contributed by atoms with E-state index in [0.29, 0.717) is 19.3 Å². The number of hydrogen-bond donors (Lipinski definition) is 2. The molecule has 2 N–H and O–H groups in total. The molecular formula is C13H25O5P. The summed E-state index contributed by atoms with van der Waals surface area (Å²) in [7, 11) is -4.40. The first-order valence-electron chi connectivity index (χ1n) is 6.83. The molecule has 0 aromatic rings. The lowest BCUT2D eigenvalue weighted by molar-refractivity contribution is -0.138. The van der Waals surface area contributed by atoms with Gasteiger partial charge in [0.15, 0.2) is 0 Å². The molecule has 5 nitrogen and oxygen atoms in total. The summed E-state index contributed by atoms with van der Waals surface area (Å²) >= 11 is 0. The Morgan fingerprint density at radius 3 is 2.00 bits per heavy atom. The zero-order valence-corrected chi connectivity index (χ0v) is 12.9. The van der Waals surface area contributed by atoms with Crippen molar-refractivity contribution in [1.29, 1.82) is 0 Å². The van der Waals surface area contributed by atoms with Gasteiger partial charge in [-0.3, -0.25) is 4.57 Å². The largest absolute Gasteiger partial charge is 0.463 e. The van der Waals surface area contributed by atoms with Crippen molar-refractivity contribution in [2.24, 2.45) is 0 Å². The van der Waals surface area contributed by atoms with E-state index in [1.165, 1.54) is 0 Å². The lowest BCUT2D eigenvalue weighted by Gasteiger charge is -2.15. The van der Waals surface area contributed by atoms with Crippen molar-refractivity contribution in [2.45, 2.75) is 59.3 Å². The first-order valence-corrected chi connectivity index (χ1v) is 8.44. The number of carbonyl (C=O) groups excluding carboxylic acids is 1. The lowest BCUT2D eigenvalue weighted by Crippen LogP contribution is -2.11. The van der Waals surface area contributed by atoms with Crippen molar-refractivity contribution in [3.05, 3.63) is 10.9 Å². The highest BCUT2D eigenvalue weighted by Crippen LogP contribution is 2.50. The monoisotopic (exact) mass is 292 g/mol. The molecule has 0 saturated carbocycles. The Kier molecular flexibility index (Phi) is 8.98. The maximum absolute atomic E-state index is 11.9. The van der Waals surface area contributed by atoms with Crippen molar-refractivity contribution in [1.82, 2.24) is 0 Å². The van der Waals surface area contributed by atoms with Crippen LogP contribution in [0.4, 0.5) is 0 Å². The standard InChI is InChI=1S/C13H25O5P/c1-4-7-9-11(13(14)18-6-3)12(10-8-5-2)19(15,16)17/h4-10H2,1-3H3,(H2,15,16,17). The molecule has 0 aromatic carbocycles. The second-order valence-electron chi connectivity index (χ2n) is 4.40. The van der Waals surface area contributed by atoms with Crippen LogP contribution in [0.15, 0.2) is 10.9 Å². The fourth-order valence-electron chi connectivity index (χ4n) is 1.75. The summed E-state index contributed by atoms with van der Waals surface area (Å²) in [6, 6.07) is 0. The minimum absolute atomic E-state index is 0.0405. The molecule has 0 aliphatic rings. The van der Waals surface area contributed by atoms with Crippen molar-refractivity contribution < 1.29 is 23.9 Å². The van der Waals surface area contributed by atoms with E-state index in [-0.39, 0.29) is 23.9 Å². The van der Waals surface area contributed by atoms with Gasteiger partial charge in [-0.05, 0) is 32.6 Å². The molecule has 0 unspecified atom stereocenters. The highest BCUT2D eigenvalue weighted by molar-refractivity contribution is 7.56. The number of unbranched alkanes of at least 4 members (excludes halogenated alkanes) is 2. The van der Waals surface area contributed by atoms with E-state index >= 15 is 0 Å². The van der Waals surface area contributed by atoms with E-state index in [4.69, 9.17) is 4.74 Å². The van der Waals surface area contributed by atoms with Crippen LogP contribution >= 0.6 is 7.60 Å². The molecule has 0 aliphatic carbocycles.